The number of carbonyl (C=O) groups excluding carboxylic acids is 3. The molecule has 0 saturated heterocycles. The molecule has 12 nitrogen and oxygen atoms in total. The van der Waals surface area contributed by atoms with Crippen molar-refractivity contribution in [1.82, 2.24) is 19.0 Å². The molecular formula is C28H26F5N5O7S2. The lowest BCUT2D eigenvalue weighted by Gasteiger charge is -2.19. The number of thiophene rings is 1. The predicted octanol–water partition coefficient (Wildman–Crippen LogP) is 3.82. The molecule has 0 saturated carbocycles. The molecule has 1 N–H and O–H groups in total. The van der Waals surface area contributed by atoms with Gasteiger partial charge in [-0.15, -0.1) is 22.7 Å². The van der Waals surface area contributed by atoms with Gasteiger partial charge in [0.25, 0.3) is 11.5 Å². The number of thiazole rings is 1. The van der Waals surface area contributed by atoms with Gasteiger partial charge >= 0.3 is 23.9 Å². The minimum absolute atomic E-state index is 0.113. The van der Waals surface area contributed by atoms with E-state index in [4.69, 9.17) is 9.47 Å². The highest BCUT2D eigenvalue weighted by Gasteiger charge is 2.39. The summed E-state index contributed by atoms with van der Waals surface area (Å²) in [4.78, 5) is 66.5. The van der Waals surface area contributed by atoms with Gasteiger partial charge in [-0.1, -0.05) is 0 Å². The van der Waals surface area contributed by atoms with Gasteiger partial charge in [0.15, 0.2) is 11.5 Å². The fourth-order valence-corrected chi connectivity index (χ4v) is 6.21. The van der Waals surface area contributed by atoms with Gasteiger partial charge in [-0.2, -0.15) is 18.2 Å². The predicted molar refractivity (Wildman–Crippen MR) is 160 cm³/mol. The molecule has 3 aromatic heterocycles. The Hall–Kier alpha value is -4.65. The van der Waals surface area contributed by atoms with E-state index in [0.717, 1.165) is 31.9 Å². The number of hydrogen-bond donors (Lipinski definition) is 1. The van der Waals surface area contributed by atoms with Crippen molar-refractivity contribution in [1.29, 1.82) is 0 Å². The number of amides is 2. The Bertz CT molecular complexity index is 2080. The van der Waals surface area contributed by atoms with Crippen LogP contribution in [0.3, 0.4) is 0 Å². The third-order valence-corrected chi connectivity index (χ3v) is 8.35. The van der Waals surface area contributed by atoms with Gasteiger partial charge in [0.1, 0.15) is 34.2 Å². The molecule has 19 heteroatoms. The zero-order chi connectivity index (χ0) is 35.0. The summed E-state index contributed by atoms with van der Waals surface area (Å²) >= 11 is 1.72. The van der Waals surface area contributed by atoms with E-state index in [2.05, 4.69) is 10.3 Å². The van der Waals surface area contributed by atoms with Crippen LogP contribution in [0.15, 0.2) is 37.5 Å². The molecule has 0 spiro atoms. The molecule has 2 amide bonds. The molecule has 0 unspecified atom stereocenters. The van der Waals surface area contributed by atoms with E-state index in [-0.39, 0.29) is 21.4 Å². The Kier molecular flexibility index (Phi) is 9.91. The third kappa shape index (κ3) is 7.67. The monoisotopic (exact) mass is 703 g/mol. The van der Waals surface area contributed by atoms with Crippen LogP contribution in [-0.2, 0) is 52.5 Å². The third-order valence-electron chi connectivity index (χ3n) is 6.39. The smallest absolute Gasteiger partial charge is 0.422 e. The minimum Gasteiger partial charge on any atom is -0.444 e. The van der Waals surface area contributed by atoms with Crippen LogP contribution in [0.25, 0.3) is 21.5 Å². The molecule has 0 atom stereocenters. The summed E-state index contributed by atoms with van der Waals surface area (Å²) in [5.41, 5.74) is -5.07. The van der Waals surface area contributed by atoms with Crippen LogP contribution in [0.2, 0.25) is 0 Å². The fourth-order valence-electron chi connectivity index (χ4n) is 4.28. The van der Waals surface area contributed by atoms with Gasteiger partial charge in [-0.05, 0) is 43.8 Å². The summed E-state index contributed by atoms with van der Waals surface area (Å²) in [5.74, 6) is -5.70. The lowest BCUT2D eigenvalue weighted by Crippen LogP contribution is -2.36. The van der Waals surface area contributed by atoms with Gasteiger partial charge in [0.2, 0.25) is 0 Å². The Labute approximate surface area is 269 Å². The summed E-state index contributed by atoms with van der Waals surface area (Å²) in [7, 11) is 2.73. The second-order valence-corrected chi connectivity index (χ2v) is 12.6. The van der Waals surface area contributed by atoms with E-state index >= 15 is 4.39 Å². The SMILES string of the molecule is Cn1c(=O)c2c(CC(=O)/N=c3\scc(-c4ccc(F)c(C(F)(F)F)c4F)n3COC(=O)CNC(=O)OC(C)(C)C)csc2n(C)c1=O. The number of benzene rings is 1. The summed E-state index contributed by atoms with van der Waals surface area (Å²) in [5, 5.41) is 4.90. The first-order valence-electron chi connectivity index (χ1n) is 13.4. The lowest BCUT2D eigenvalue weighted by molar-refractivity contribution is -0.146. The number of aromatic nitrogens is 3. The van der Waals surface area contributed by atoms with Crippen molar-refractivity contribution in [3.05, 3.63) is 71.3 Å². The number of nitrogens with one attached hydrogen (secondary N) is 1. The van der Waals surface area contributed by atoms with Crippen LogP contribution in [0.5, 0.6) is 0 Å². The van der Waals surface area contributed by atoms with Crippen molar-refractivity contribution in [2.24, 2.45) is 19.1 Å². The second kappa shape index (κ2) is 13.2. The number of alkyl halides is 3. The van der Waals surface area contributed by atoms with Gasteiger partial charge in [-0.3, -0.25) is 28.1 Å². The Morgan fingerprint density at radius 3 is 2.32 bits per heavy atom. The Morgan fingerprint density at radius 2 is 1.68 bits per heavy atom. The number of carbonyl (C=O) groups is 3. The first-order valence-corrected chi connectivity index (χ1v) is 15.2. The average molecular weight is 704 g/mol. The molecule has 0 aliphatic heterocycles. The molecule has 0 fully saturated rings. The van der Waals surface area contributed by atoms with Crippen LogP contribution in [-0.4, -0.2) is 43.8 Å². The van der Waals surface area contributed by atoms with E-state index in [9.17, 15) is 41.5 Å². The Balaban J connectivity index is 1.72. The van der Waals surface area contributed by atoms with Crippen LogP contribution in [0, 0.1) is 11.6 Å². The molecule has 4 aromatic rings. The standard InChI is InChI=1S/C28H26F5N5O7S2/c1-27(2,3)45-25(42)34-9-18(40)44-12-38-16(14-6-7-15(29)20(21(14)30)28(31,32)33)11-47-24(38)35-17(39)8-13-10-46-23-19(13)22(41)36(4)26(43)37(23)5/h6-7,10-11H,8-9,12H2,1-5H3,(H,34,42)/b35-24-. The fraction of sp³-hybridized carbons (Fsp3) is 0.357. The zero-order valence-electron chi connectivity index (χ0n) is 25.3. The number of alkyl carbamates (subject to hydrolysis) is 1. The van der Waals surface area contributed by atoms with E-state index in [1.165, 1.54) is 24.0 Å². The van der Waals surface area contributed by atoms with Crippen molar-refractivity contribution in [2.45, 2.75) is 45.7 Å². The van der Waals surface area contributed by atoms with E-state index in [1.807, 2.05) is 0 Å². The number of aryl methyl sites for hydroxylation is 1. The van der Waals surface area contributed by atoms with E-state index < -0.39 is 83.5 Å². The van der Waals surface area contributed by atoms with Crippen LogP contribution < -0.4 is 21.4 Å². The first-order chi connectivity index (χ1) is 21.8. The van der Waals surface area contributed by atoms with Crippen LogP contribution in [0.1, 0.15) is 31.9 Å². The summed E-state index contributed by atoms with van der Waals surface area (Å²) in [6.07, 6.45) is -6.77. The van der Waals surface area contributed by atoms with Crippen LogP contribution in [0.4, 0.5) is 26.7 Å². The van der Waals surface area contributed by atoms with Crippen molar-refractivity contribution in [3.63, 3.8) is 0 Å². The normalized spacial score (nSPS) is 12.4. The molecule has 0 aliphatic carbocycles. The number of hydrogen-bond acceptors (Lipinski definition) is 9. The first kappa shape index (κ1) is 35.2. The molecule has 0 bridgehead atoms. The number of rotatable bonds is 7. The molecule has 3 heterocycles. The van der Waals surface area contributed by atoms with Crippen molar-refractivity contribution in [2.75, 3.05) is 6.54 Å². The number of esters is 1. The molecule has 4 rings (SSSR count). The topological polar surface area (TPSA) is 143 Å². The van der Waals surface area contributed by atoms with Crippen molar-refractivity contribution < 1.29 is 45.8 Å². The summed E-state index contributed by atoms with van der Waals surface area (Å²) in [6, 6.07) is 1.16. The largest absolute Gasteiger partial charge is 0.444 e. The second-order valence-electron chi connectivity index (χ2n) is 10.9. The van der Waals surface area contributed by atoms with Gasteiger partial charge in [0, 0.05) is 25.0 Å². The summed E-state index contributed by atoms with van der Waals surface area (Å²) in [6.45, 7) is 3.27. The quantitative estimate of drug-likeness (QED) is 0.228. The molecular weight excluding hydrogens is 677 g/mol. The number of nitrogens with zero attached hydrogens (tertiary/aromatic N) is 4. The molecule has 0 aliphatic rings. The highest BCUT2D eigenvalue weighted by molar-refractivity contribution is 7.17. The summed E-state index contributed by atoms with van der Waals surface area (Å²) < 4.78 is 82.8. The molecule has 1 aromatic carbocycles. The zero-order valence-corrected chi connectivity index (χ0v) is 26.9. The highest BCUT2D eigenvalue weighted by Crippen LogP contribution is 2.37. The van der Waals surface area contributed by atoms with Gasteiger partial charge < -0.3 is 14.8 Å². The lowest BCUT2D eigenvalue weighted by atomic mass is 10.1. The maximum absolute atomic E-state index is 15.2. The number of halogens is 5. The van der Waals surface area contributed by atoms with E-state index in [1.54, 1.807) is 20.8 Å². The highest BCUT2D eigenvalue weighted by atomic mass is 32.1. The molecule has 252 valence electrons. The molecule has 0 radical (unpaired) electrons. The minimum atomic E-state index is -5.39. The van der Waals surface area contributed by atoms with Crippen molar-refractivity contribution >= 4 is 50.9 Å². The Morgan fingerprint density at radius 1 is 1.00 bits per heavy atom. The van der Waals surface area contributed by atoms with Crippen molar-refractivity contribution in [3.8, 4) is 11.3 Å². The number of fused-ring (bicyclic) bond motifs is 1. The van der Waals surface area contributed by atoms with E-state index in [0.29, 0.717) is 22.2 Å². The molecule has 47 heavy (non-hydrogen) atoms. The average Bonchev–Trinajstić information content (AvgIpc) is 3.55. The van der Waals surface area contributed by atoms with Gasteiger partial charge in [-0.25, -0.2) is 18.4 Å². The maximum atomic E-state index is 15.2. The van der Waals surface area contributed by atoms with Gasteiger partial charge in [0.05, 0.1) is 17.5 Å². The van der Waals surface area contributed by atoms with Crippen LogP contribution >= 0.6 is 22.7 Å². The maximum Gasteiger partial charge on any atom is 0.422 e. The number of ether oxygens (including phenoxy) is 2.